The zero-order valence-electron chi connectivity index (χ0n) is 9.62. The lowest BCUT2D eigenvalue weighted by molar-refractivity contribution is -0.148. The van der Waals surface area contributed by atoms with Gasteiger partial charge >= 0.3 is 5.97 Å². The van der Waals surface area contributed by atoms with Crippen LogP contribution in [0.2, 0.25) is 0 Å². The third kappa shape index (κ3) is 3.79. The van der Waals surface area contributed by atoms with Gasteiger partial charge < -0.3 is 20.1 Å². The van der Waals surface area contributed by atoms with Gasteiger partial charge in [0.15, 0.2) is 0 Å². The summed E-state index contributed by atoms with van der Waals surface area (Å²) in [6, 6.07) is -0.641. The number of esters is 1. The van der Waals surface area contributed by atoms with E-state index in [9.17, 15) is 9.59 Å². The van der Waals surface area contributed by atoms with Crippen LogP contribution in [0.3, 0.4) is 0 Å². The van der Waals surface area contributed by atoms with Crippen LogP contribution in [0.25, 0.3) is 0 Å². The minimum absolute atomic E-state index is 0.284. The van der Waals surface area contributed by atoms with Crippen LogP contribution in [0.15, 0.2) is 0 Å². The van der Waals surface area contributed by atoms with Gasteiger partial charge in [-0.1, -0.05) is 0 Å². The van der Waals surface area contributed by atoms with Crippen molar-refractivity contribution >= 4 is 11.9 Å². The largest absolute Gasteiger partial charge is 0.464 e. The minimum atomic E-state index is -0.641. The molecular formula is C10H18N2O4. The first-order valence-electron chi connectivity index (χ1n) is 5.44. The predicted molar refractivity (Wildman–Crippen MR) is 56.8 cm³/mol. The molecule has 0 saturated carbocycles. The van der Waals surface area contributed by atoms with Crippen molar-refractivity contribution in [2.45, 2.75) is 26.0 Å². The Kier molecular flexibility index (Phi) is 5.21. The number of amides is 1. The van der Waals surface area contributed by atoms with E-state index in [4.69, 9.17) is 9.47 Å². The molecule has 6 nitrogen and oxygen atoms in total. The monoisotopic (exact) mass is 230 g/mol. The normalized spacial score (nSPS) is 22.2. The molecule has 0 radical (unpaired) electrons. The van der Waals surface area contributed by atoms with Crippen LogP contribution in [0.1, 0.15) is 13.8 Å². The molecule has 2 atom stereocenters. The SMILES string of the molecule is CCOC(=O)C(C)NC(=O)C1CNCCO1. The van der Waals surface area contributed by atoms with Gasteiger partial charge in [0.25, 0.3) is 5.91 Å². The number of carbonyl (C=O) groups is 2. The fourth-order valence-electron chi connectivity index (χ4n) is 1.37. The van der Waals surface area contributed by atoms with Crippen LogP contribution >= 0.6 is 0 Å². The Morgan fingerprint density at radius 2 is 2.38 bits per heavy atom. The molecule has 0 aromatic rings. The van der Waals surface area contributed by atoms with E-state index in [1.165, 1.54) is 0 Å². The second kappa shape index (κ2) is 6.44. The molecule has 1 heterocycles. The number of nitrogens with one attached hydrogen (secondary N) is 2. The van der Waals surface area contributed by atoms with Gasteiger partial charge in [0.05, 0.1) is 13.2 Å². The summed E-state index contributed by atoms with van der Waals surface area (Å²) in [5.74, 6) is -0.715. The van der Waals surface area contributed by atoms with Crippen molar-refractivity contribution < 1.29 is 19.1 Å². The van der Waals surface area contributed by atoms with Crippen molar-refractivity contribution in [1.29, 1.82) is 0 Å². The average Bonchev–Trinajstić information content (AvgIpc) is 2.30. The Morgan fingerprint density at radius 3 is 2.94 bits per heavy atom. The average molecular weight is 230 g/mol. The van der Waals surface area contributed by atoms with Gasteiger partial charge in [-0.05, 0) is 13.8 Å². The van der Waals surface area contributed by atoms with Crippen molar-refractivity contribution in [3.05, 3.63) is 0 Å². The van der Waals surface area contributed by atoms with Crippen LogP contribution in [0.5, 0.6) is 0 Å². The molecule has 1 fully saturated rings. The molecule has 0 aromatic carbocycles. The Balaban J connectivity index is 2.34. The number of morpholine rings is 1. The van der Waals surface area contributed by atoms with Crippen molar-refractivity contribution in [3.8, 4) is 0 Å². The second-order valence-corrected chi connectivity index (χ2v) is 3.55. The molecule has 0 spiro atoms. The van der Waals surface area contributed by atoms with Crippen molar-refractivity contribution in [1.82, 2.24) is 10.6 Å². The van der Waals surface area contributed by atoms with Crippen LogP contribution in [0, 0.1) is 0 Å². The molecule has 6 heteroatoms. The first kappa shape index (κ1) is 12.9. The molecule has 16 heavy (non-hydrogen) atoms. The first-order valence-corrected chi connectivity index (χ1v) is 5.44. The molecule has 1 saturated heterocycles. The number of ether oxygens (including phenoxy) is 2. The van der Waals surface area contributed by atoms with Crippen molar-refractivity contribution in [2.75, 3.05) is 26.3 Å². The highest BCUT2D eigenvalue weighted by molar-refractivity contribution is 5.86. The summed E-state index contributed by atoms with van der Waals surface area (Å²) in [4.78, 5) is 22.9. The standard InChI is InChI=1S/C10H18N2O4/c1-3-15-10(14)7(2)12-9(13)8-6-11-4-5-16-8/h7-8,11H,3-6H2,1-2H3,(H,12,13). The molecular weight excluding hydrogens is 212 g/mol. The number of carbonyl (C=O) groups excluding carboxylic acids is 2. The number of rotatable bonds is 4. The maximum atomic E-state index is 11.6. The van der Waals surface area contributed by atoms with E-state index in [1.807, 2.05) is 0 Å². The van der Waals surface area contributed by atoms with E-state index in [0.29, 0.717) is 19.8 Å². The minimum Gasteiger partial charge on any atom is -0.464 e. The molecule has 0 aliphatic carbocycles. The molecule has 2 unspecified atom stereocenters. The second-order valence-electron chi connectivity index (χ2n) is 3.55. The highest BCUT2D eigenvalue weighted by Crippen LogP contribution is 1.97. The number of hydrogen-bond acceptors (Lipinski definition) is 5. The van der Waals surface area contributed by atoms with Crippen LogP contribution < -0.4 is 10.6 Å². The summed E-state index contributed by atoms with van der Waals surface area (Å²) in [6.07, 6.45) is -0.523. The first-order chi connectivity index (χ1) is 7.65. The van der Waals surface area contributed by atoms with Crippen LogP contribution in [-0.2, 0) is 19.1 Å². The van der Waals surface area contributed by atoms with E-state index in [2.05, 4.69) is 10.6 Å². The van der Waals surface area contributed by atoms with Crippen LogP contribution in [0.4, 0.5) is 0 Å². The Bertz CT molecular complexity index is 251. The third-order valence-electron chi connectivity index (χ3n) is 2.22. The molecule has 1 aliphatic rings. The lowest BCUT2D eigenvalue weighted by Crippen LogP contribution is -2.51. The summed E-state index contributed by atoms with van der Waals surface area (Å²) in [5.41, 5.74) is 0. The molecule has 1 rings (SSSR count). The lowest BCUT2D eigenvalue weighted by atomic mass is 10.2. The highest BCUT2D eigenvalue weighted by atomic mass is 16.5. The van der Waals surface area contributed by atoms with Gasteiger partial charge in [-0.2, -0.15) is 0 Å². The Morgan fingerprint density at radius 1 is 1.62 bits per heavy atom. The van der Waals surface area contributed by atoms with Crippen molar-refractivity contribution in [3.63, 3.8) is 0 Å². The van der Waals surface area contributed by atoms with Gasteiger partial charge in [0, 0.05) is 13.1 Å². The smallest absolute Gasteiger partial charge is 0.328 e. The van der Waals surface area contributed by atoms with E-state index >= 15 is 0 Å². The zero-order chi connectivity index (χ0) is 12.0. The fourth-order valence-corrected chi connectivity index (χ4v) is 1.37. The summed E-state index contributed by atoms with van der Waals surface area (Å²) in [5, 5.41) is 5.60. The summed E-state index contributed by atoms with van der Waals surface area (Å²) < 4.78 is 10.0. The van der Waals surface area contributed by atoms with Gasteiger partial charge in [0.1, 0.15) is 12.1 Å². The molecule has 0 aromatic heterocycles. The molecule has 1 amide bonds. The number of hydrogen-bond donors (Lipinski definition) is 2. The van der Waals surface area contributed by atoms with Crippen molar-refractivity contribution in [2.24, 2.45) is 0 Å². The maximum Gasteiger partial charge on any atom is 0.328 e. The van der Waals surface area contributed by atoms with Crippen LogP contribution in [-0.4, -0.2) is 50.3 Å². The Labute approximate surface area is 94.7 Å². The Hall–Kier alpha value is -1.14. The molecule has 0 bridgehead atoms. The molecule has 1 aliphatic heterocycles. The topological polar surface area (TPSA) is 76.7 Å². The van der Waals surface area contributed by atoms with Gasteiger partial charge in [-0.15, -0.1) is 0 Å². The van der Waals surface area contributed by atoms with E-state index in [-0.39, 0.29) is 5.91 Å². The quantitative estimate of drug-likeness (QED) is 0.608. The van der Waals surface area contributed by atoms with E-state index < -0.39 is 18.1 Å². The molecule has 92 valence electrons. The third-order valence-corrected chi connectivity index (χ3v) is 2.22. The fraction of sp³-hybridized carbons (Fsp3) is 0.800. The highest BCUT2D eigenvalue weighted by Gasteiger charge is 2.25. The lowest BCUT2D eigenvalue weighted by Gasteiger charge is -2.24. The maximum absolute atomic E-state index is 11.6. The predicted octanol–water partition coefficient (Wildman–Crippen LogP) is -0.957. The summed E-state index contributed by atoms with van der Waals surface area (Å²) >= 11 is 0. The van der Waals surface area contributed by atoms with E-state index in [0.717, 1.165) is 6.54 Å². The summed E-state index contributed by atoms with van der Waals surface area (Å²) in [6.45, 7) is 5.34. The zero-order valence-corrected chi connectivity index (χ0v) is 9.62. The van der Waals surface area contributed by atoms with Gasteiger partial charge in [-0.3, -0.25) is 4.79 Å². The van der Waals surface area contributed by atoms with Gasteiger partial charge in [-0.25, -0.2) is 4.79 Å². The van der Waals surface area contributed by atoms with Gasteiger partial charge in [0.2, 0.25) is 0 Å². The van der Waals surface area contributed by atoms with E-state index in [1.54, 1.807) is 13.8 Å². The molecule has 2 N–H and O–H groups in total. The summed E-state index contributed by atoms with van der Waals surface area (Å²) in [7, 11) is 0.